The molecule has 0 spiro atoms. The van der Waals surface area contributed by atoms with Gasteiger partial charge in [-0.25, -0.2) is 0 Å². The number of aliphatic hydroxyl groups excluding tert-OH is 1. The van der Waals surface area contributed by atoms with Gasteiger partial charge in [0.1, 0.15) is 5.75 Å². The fourth-order valence-electron chi connectivity index (χ4n) is 5.59. The smallest absolute Gasteiger partial charge is 0.119 e. The summed E-state index contributed by atoms with van der Waals surface area (Å²) in [7, 11) is 0. The molecule has 0 bridgehead atoms. The Morgan fingerprint density at radius 3 is 2.14 bits per heavy atom. The number of nitrogens with zero attached hydrogens (tertiary/aromatic N) is 1. The molecule has 3 heteroatoms. The maximum Gasteiger partial charge on any atom is 0.119 e. The molecule has 3 nitrogen and oxygen atoms in total. The van der Waals surface area contributed by atoms with Crippen molar-refractivity contribution in [2.75, 3.05) is 13.2 Å². The quantitative estimate of drug-likeness (QED) is 0.254. The highest BCUT2D eigenvalue weighted by Gasteiger charge is 2.36. The van der Waals surface area contributed by atoms with Gasteiger partial charge in [0.05, 0.1) is 18.1 Å². The third kappa shape index (κ3) is 8.97. The minimum atomic E-state index is -0.149. The molecule has 0 saturated heterocycles. The van der Waals surface area contributed by atoms with E-state index in [-0.39, 0.29) is 5.41 Å². The molecule has 0 amide bonds. The van der Waals surface area contributed by atoms with E-state index in [0.717, 1.165) is 63.7 Å². The highest BCUT2D eigenvalue weighted by molar-refractivity contribution is 5.64. The van der Waals surface area contributed by atoms with E-state index in [9.17, 15) is 5.26 Å². The zero-order chi connectivity index (χ0) is 25.6. The Morgan fingerprint density at radius 2 is 1.53 bits per heavy atom. The molecule has 2 unspecified atom stereocenters. The zero-order valence-corrected chi connectivity index (χ0v) is 22.7. The number of benzene rings is 2. The van der Waals surface area contributed by atoms with E-state index < -0.39 is 0 Å². The standard InChI is InChI=1S/C33H47NO2/c1-27(2)20-24-36-32-18-16-29(17-19-32)28-12-14-30(15-13-28)31-11-10-22-33(25-31,26-34)21-8-6-4-3-5-7-9-23-35/h12-19,27,31,35H,3-11,20-25H2,1-2H3. The van der Waals surface area contributed by atoms with Crippen molar-refractivity contribution in [1.29, 1.82) is 5.26 Å². The molecular weight excluding hydrogens is 442 g/mol. The predicted molar refractivity (Wildman–Crippen MR) is 150 cm³/mol. The lowest BCUT2D eigenvalue weighted by Gasteiger charge is -2.36. The molecule has 1 fully saturated rings. The van der Waals surface area contributed by atoms with Crippen molar-refractivity contribution in [1.82, 2.24) is 0 Å². The van der Waals surface area contributed by atoms with Gasteiger partial charge in [-0.1, -0.05) is 95.2 Å². The van der Waals surface area contributed by atoms with Crippen LogP contribution in [0.4, 0.5) is 0 Å². The van der Waals surface area contributed by atoms with Crippen molar-refractivity contribution >= 4 is 0 Å². The molecule has 1 N–H and O–H groups in total. The van der Waals surface area contributed by atoms with Crippen molar-refractivity contribution in [2.45, 2.75) is 103 Å². The number of hydrogen-bond acceptors (Lipinski definition) is 3. The Bertz CT molecular complexity index is 912. The van der Waals surface area contributed by atoms with Crippen LogP contribution in [-0.2, 0) is 0 Å². The topological polar surface area (TPSA) is 53.2 Å². The van der Waals surface area contributed by atoms with Crippen molar-refractivity contribution in [3.63, 3.8) is 0 Å². The average Bonchev–Trinajstić information content (AvgIpc) is 2.91. The first kappa shape index (κ1) is 28.3. The largest absolute Gasteiger partial charge is 0.494 e. The van der Waals surface area contributed by atoms with Crippen molar-refractivity contribution in [3.05, 3.63) is 54.1 Å². The van der Waals surface area contributed by atoms with Gasteiger partial charge in [0.25, 0.3) is 0 Å². The molecule has 0 heterocycles. The minimum absolute atomic E-state index is 0.149. The van der Waals surface area contributed by atoms with Crippen LogP contribution in [0.1, 0.15) is 109 Å². The molecule has 196 valence electrons. The van der Waals surface area contributed by atoms with Gasteiger partial charge in [0, 0.05) is 6.61 Å². The molecule has 36 heavy (non-hydrogen) atoms. The normalized spacial score (nSPS) is 19.8. The first-order valence-electron chi connectivity index (χ1n) is 14.4. The molecule has 2 aromatic rings. The van der Waals surface area contributed by atoms with Gasteiger partial charge in [-0.3, -0.25) is 0 Å². The fraction of sp³-hybridized carbons (Fsp3) is 0.606. The number of ether oxygens (including phenoxy) is 1. The second-order valence-electron chi connectivity index (χ2n) is 11.3. The van der Waals surface area contributed by atoms with E-state index in [2.05, 4.69) is 68.4 Å². The Kier molecular flexibility index (Phi) is 11.8. The molecule has 2 aromatic carbocycles. The summed E-state index contributed by atoms with van der Waals surface area (Å²) in [6, 6.07) is 20.2. The van der Waals surface area contributed by atoms with Gasteiger partial charge < -0.3 is 9.84 Å². The molecule has 3 rings (SSSR count). The highest BCUT2D eigenvalue weighted by atomic mass is 16.5. The third-order valence-electron chi connectivity index (χ3n) is 7.93. The Hall–Kier alpha value is -2.31. The van der Waals surface area contributed by atoms with Crippen LogP contribution in [0.15, 0.2) is 48.5 Å². The molecule has 0 radical (unpaired) electrons. The first-order valence-corrected chi connectivity index (χ1v) is 14.4. The van der Waals surface area contributed by atoms with E-state index in [1.165, 1.54) is 48.8 Å². The molecule has 1 saturated carbocycles. The summed E-state index contributed by atoms with van der Waals surface area (Å²) in [5.41, 5.74) is 3.68. The van der Waals surface area contributed by atoms with Crippen molar-refractivity contribution < 1.29 is 9.84 Å². The minimum Gasteiger partial charge on any atom is -0.494 e. The molecular formula is C33H47NO2. The third-order valence-corrected chi connectivity index (χ3v) is 7.93. The summed E-state index contributed by atoms with van der Waals surface area (Å²) in [5.74, 6) is 2.08. The summed E-state index contributed by atoms with van der Waals surface area (Å²) in [5, 5.41) is 19.0. The number of hydrogen-bond donors (Lipinski definition) is 1. The average molecular weight is 490 g/mol. The predicted octanol–water partition coefficient (Wildman–Crippen LogP) is 9.06. The second-order valence-corrected chi connectivity index (χ2v) is 11.3. The van der Waals surface area contributed by atoms with Crippen LogP contribution in [0, 0.1) is 22.7 Å². The van der Waals surface area contributed by atoms with E-state index >= 15 is 0 Å². The monoisotopic (exact) mass is 489 g/mol. The number of rotatable bonds is 15. The van der Waals surface area contributed by atoms with E-state index in [0.29, 0.717) is 18.4 Å². The lowest BCUT2D eigenvalue weighted by molar-refractivity contribution is 0.218. The van der Waals surface area contributed by atoms with Crippen molar-refractivity contribution in [3.8, 4) is 22.9 Å². The summed E-state index contributed by atoms with van der Waals surface area (Å²) in [6.07, 6.45) is 14.7. The molecule has 1 aliphatic rings. The first-order chi connectivity index (χ1) is 17.5. The number of unbranched alkanes of at least 4 members (excludes halogenated alkanes) is 6. The Morgan fingerprint density at radius 1 is 0.917 bits per heavy atom. The van der Waals surface area contributed by atoms with Crippen LogP contribution in [0.5, 0.6) is 5.75 Å². The lowest BCUT2D eigenvalue weighted by Crippen LogP contribution is -2.26. The fourth-order valence-corrected chi connectivity index (χ4v) is 5.59. The van der Waals surface area contributed by atoms with Gasteiger partial charge in [-0.2, -0.15) is 5.26 Å². The number of nitriles is 1. The SMILES string of the molecule is CC(C)CCOc1ccc(-c2ccc(C3CCCC(C#N)(CCCCCCCCCO)C3)cc2)cc1. The Labute approximate surface area is 219 Å². The summed E-state index contributed by atoms with van der Waals surface area (Å²) in [6.45, 7) is 5.52. The molecule has 1 aliphatic carbocycles. The summed E-state index contributed by atoms with van der Waals surface area (Å²) >= 11 is 0. The van der Waals surface area contributed by atoms with Crippen LogP contribution in [-0.4, -0.2) is 18.3 Å². The summed E-state index contributed by atoms with van der Waals surface area (Å²) < 4.78 is 5.86. The maximum absolute atomic E-state index is 10.1. The summed E-state index contributed by atoms with van der Waals surface area (Å²) in [4.78, 5) is 0. The molecule has 0 aromatic heterocycles. The van der Waals surface area contributed by atoms with Gasteiger partial charge in [-0.15, -0.1) is 0 Å². The number of aliphatic hydroxyl groups is 1. The zero-order valence-electron chi connectivity index (χ0n) is 22.7. The second kappa shape index (κ2) is 15.1. The lowest BCUT2D eigenvalue weighted by atomic mass is 9.66. The van der Waals surface area contributed by atoms with Crippen LogP contribution in [0.25, 0.3) is 11.1 Å². The van der Waals surface area contributed by atoms with Gasteiger partial charge in [-0.05, 0) is 79.2 Å². The molecule has 2 atom stereocenters. The van der Waals surface area contributed by atoms with Gasteiger partial charge in [0.15, 0.2) is 0 Å². The van der Waals surface area contributed by atoms with Crippen LogP contribution >= 0.6 is 0 Å². The van der Waals surface area contributed by atoms with E-state index in [4.69, 9.17) is 9.84 Å². The van der Waals surface area contributed by atoms with E-state index in [1.807, 2.05) is 0 Å². The highest BCUT2D eigenvalue weighted by Crippen LogP contribution is 2.46. The maximum atomic E-state index is 10.1. The molecule has 0 aliphatic heterocycles. The van der Waals surface area contributed by atoms with Crippen LogP contribution in [0.3, 0.4) is 0 Å². The van der Waals surface area contributed by atoms with Crippen LogP contribution < -0.4 is 4.74 Å². The van der Waals surface area contributed by atoms with Gasteiger partial charge >= 0.3 is 0 Å². The van der Waals surface area contributed by atoms with E-state index in [1.54, 1.807) is 0 Å². The van der Waals surface area contributed by atoms with Crippen molar-refractivity contribution in [2.24, 2.45) is 11.3 Å². The van der Waals surface area contributed by atoms with Gasteiger partial charge in [0.2, 0.25) is 0 Å². The Balaban J connectivity index is 1.50. The van der Waals surface area contributed by atoms with Crippen LogP contribution in [0.2, 0.25) is 0 Å².